The summed E-state index contributed by atoms with van der Waals surface area (Å²) in [6.45, 7) is 4.10. The zero-order valence-corrected chi connectivity index (χ0v) is 20.9. The van der Waals surface area contributed by atoms with Crippen molar-refractivity contribution in [1.29, 1.82) is 0 Å². The molecule has 1 aromatic carbocycles. The number of hydrogen-bond acceptors (Lipinski definition) is 7. The van der Waals surface area contributed by atoms with E-state index in [1.165, 1.54) is 0 Å². The van der Waals surface area contributed by atoms with Gasteiger partial charge in [0.2, 0.25) is 0 Å². The Balaban J connectivity index is 1.80. The number of aliphatic imine (C=N–C) groups is 2. The van der Waals surface area contributed by atoms with Gasteiger partial charge >= 0.3 is 0 Å². The molecule has 0 bridgehead atoms. The van der Waals surface area contributed by atoms with E-state index in [0.29, 0.717) is 36.1 Å². The number of amides is 1. The highest BCUT2D eigenvalue weighted by Gasteiger charge is 2.29. The molecule has 3 rings (SSSR count). The van der Waals surface area contributed by atoms with Crippen LogP contribution in [0.3, 0.4) is 0 Å². The fraction of sp³-hybridized carbons (Fsp3) is 0.429. The number of allylic oxidation sites excluding steroid dienone is 2. The molecule has 1 heterocycles. The van der Waals surface area contributed by atoms with Gasteiger partial charge in [0.1, 0.15) is 6.29 Å². The van der Waals surface area contributed by atoms with E-state index in [2.05, 4.69) is 18.3 Å². The lowest BCUT2D eigenvalue weighted by molar-refractivity contribution is -0.118. The van der Waals surface area contributed by atoms with Gasteiger partial charge in [-0.25, -0.2) is 0 Å². The van der Waals surface area contributed by atoms with Crippen molar-refractivity contribution < 1.29 is 19.8 Å². The normalized spacial score (nSPS) is 20.2. The Bertz CT molecular complexity index is 1100. The van der Waals surface area contributed by atoms with Crippen LogP contribution in [0.4, 0.5) is 5.69 Å². The van der Waals surface area contributed by atoms with E-state index < -0.39 is 12.3 Å². The second kappa shape index (κ2) is 13.1. The van der Waals surface area contributed by atoms with E-state index >= 15 is 0 Å². The quantitative estimate of drug-likeness (QED) is 0.153. The van der Waals surface area contributed by atoms with Crippen molar-refractivity contribution in [3.63, 3.8) is 0 Å². The van der Waals surface area contributed by atoms with Gasteiger partial charge in [0.15, 0.2) is 6.29 Å². The Kier molecular flexibility index (Phi) is 9.90. The number of rotatable bonds is 12. The zero-order valence-electron chi connectivity index (χ0n) is 20.9. The lowest BCUT2D eigenvalue weighted by atomic mass is 9.92. The van der Waals surface area contributed by atoms with Gasteiger partial charge in [-0.1, -0.05) is 43.4 Å². The van der Waals surface area contributed by atoms with Crippen molar-refractivity contribution in [3.8, 4) is 0 Å². The van der Waals surface area contributed by atoms with Gasteiger partial charge in [-0.15, -0.1) is 0 Å². The molecule has 1 amide bonds. The van der Waals surface area contributed by atoms with Crippen LogP contribution in [-0.2, 0) is 9.59 Å². The molecule has 8 nitrogen and oxygen atoms in total. The first-order chi connectivity index (χ1) is 17.3. The molecule has 5 N–H and O–H groups in total. The standard InChI is InChI=1S/C28H36N4O4/c1-3-8-18(2)27-24(11-6-7-12-26(34)35)30-25-17-19(13-14-23(25)31-27)28(36)32-22(15-16-33)20-9-4-5-10-21(20)29/h4-5,8-10,13-14,16-17,22-23,25-26,34-35H,3,6-7,11-12,15,29H2,1-2H3,(H,32,36)/b18-8+. The molecule has 1 aromatic rings. The van der Waals surface area contributed by atoms with Crippen molar-refractivity contribution in [1.82, 2.24) is 5.32 Å². The number of para-hydroxylation sites is 1. The molecule has 3 unspecified atom stereocenters. The van der Waals surface area contributed by atoms with Crippen LogP contribution in [0.5, 0.6) is 0 Å². The summed E-state index contributed by atoms with van der Waals surface area (Å²) in [4.78, 5) is 34.3. The van der Waals surface area contributed by atoms with Crippen molar-refractivity contribution in [2.45, 2.75) is 76.8 Å². The van der Waals surface area contributed by atoms with Gasteiger partial charge in [0.05, 0.1) is 29.5 Å². The molecule has 0 fully saturated rings. The minimum Gasteiger partial charge on any atom is -0.398 e. The Hall–Kier alpha value is -3.36. The third-order valence-corrected chi connectivity index (χ3v) is 6.31. The average Bonchev–Trinajstić information content (AvgIpc) is 2.85. The lowest BCUT2D eigenvalue weighted by Crippen LogP contribution is -2.36. The summed E-state index contributed by atoms with van der Waals surface area (Å²) in [7, 11) is 0. The molecular formula is C28H36N4O4. The zero-order chi connectivity index (χ0) is 26.1. The first-order valence-electron chi connectivity index (χ1n) is 12.5. The molecule has 2 aliphatic rings. The van der Waals surface area contributed by atoms with E-state index in [1.54, 1.807) is 18.2 Å². The van der Waals surface area contributed by atoms with Gasteiger partial charge in [0.25, 0.3) is 5.91 Å². The summed E-state index contributed by atoms with van der Waals surface area (Å²) in [5.74, 6) is -0.301. The summed E-state index contributed by atoms with van der Waals surface area (Å²) in [6.07, 6.45) is 10.5. The Labute approximate surface area is 212 Å². The van der Waals surface area contributed by atoms with Gasteiger partial charge < -0.3 is 26.1 Å². The Morgan fingerprint density at radius 1 is 1.19 bits per heavy atom. The summed E-state index contributed by atoms with van der Waals surface area (Å²) in [6, 6.07) is 6.15. The number of carbonyl (C=O) groups is 2. The predicted octanol–water partition coefficient (Wildman–Crippen LogP) is 3.37. The number of nitrogens with one attached hydrogen (secondary N) is 1. The van der Waals surface area contributed by atoms with Crippen LogP contribution < -0.4 is 11.1 Å². The van der Waals surface area contributed by atoms with Crippen LogP contribution in [0.1, 0.15) is 64.0 Å². The number of aliphatic hydroxyl groups is 2. The Morgan fingerprint density at radius 3 is 2.67 bits per heavy atom. The van der Waals surface area contributed by atoms with Crippen LogP contribution in [0.15, 0.2) is 69.7 Å². The maximum absolute atomic E-state index is 13.1. The number of aliphatic hydroxyl groups excluding tert-OH is 1. The van der Waals surface area contributed by atoms with Gasteiger partial charge in [-0.2, -0.15) is 0 Å². The molecule has 8 heteroatoms. The highest BCUT2D eigenvalue weighted by atomic mass is 16.5. The van der Waals surface area contributed by atoms with Crippen molar-refractivity contribution in [2.24, 2.45) is 9.98 Å². The second-order valence-corrected chi connectivity index (χ2v) is 9.09. The average molecular weight is 493 g/mol. The summed E-state index contributed by atoms with van der Waals surface area (Å²) >= 11 is 0. The molecule has 0 aromatic heterocycles. The largest absolute Gasteiger partial charge is 0.398 e. The second-order valence-electron chi connectivity index (χ2n) is 9.09. The summed E-state index contributed by atoms with van der Waals surface area (Å²) < 4.78 is 0. The highest BCUT2D eigenvalue weighted by molar-refractivity contribution is 6.48. The summed E-state index contributed by atoms with van der Waals surface area (Å²) in [5, 5.41) is 21.2. The minimum atomic E-state index is -1.31. The molecule has 1 aliphatic heterocycles. The van der Waals surface area contributed by atoms with Crippen LogP contribution in [0.2, 0.25) is 0 Å². The molecule has 0 spiro atoms. The number of unbranched alkanes of at least 4 members (excludes halogenated alkanes) is 1. The number of benzene rings is 1. The number of nitrogen functional groups attached to an aromatic ring is 1. The van der Waals surface area contributed by atoms with E-state index in [9.17, 15) is 9.59 Å². The first-order valence-corrected chi connectivity index (χ1v) is 12.5. The van der Waals surface area contributed by atoms with Crippen LogP contribution >= 0.6 is 0 Å². The van der Waals surface area contributed by atoms with E-state index in [-0.39, 0.29) is 24.4 Å². The highest BCUT2D eigenvalue weighted by Crippen LogP contribution is 2.26. The molecule has 0 saturated carbocycles. The third-order valence-electron chi connectivity index (χ3n) is 6.31. The van der Waals surface area contributed by atoms with Crippen LogP contribution in [-0.4, -0.2) is 52.2 Å². The number of anilines is 1. The van der Waals surface area contributed by atoms with Crippen molar-refractivity contribution in [3.05, 3.63) is 65.3 Å². The smallest absolute Gasteiger partial charge is 0.251 e. The van der Waals surface area contributed by atoms with E-state index in [4.69, 9.17) is 25.9 Å². The van der Waals surface area contributed by atoms with Gasteiger partial charge in [-0.05, 0) is 62.3 Å². The fourth-order valence-corrected chi connectivity index (χ4v) is 4.47. The molecule has 1 aliphatic carbocycles. The molecule has 36 heavy (non-hydrogen) atoms. The van der Waals surface area contributed by atoms with Crippen molar-refractivity contribution in [2.75, 3.05) is 5.73 Å². The molecule has 0 radical (unpaired) electrons. The first kappa shape index (κ1) is 27.2. The van der Waals surface area contributed by atoms with Crippen LogP contribution in [0, 0.1) is 0 Å². The summed E-state index contributed by atoms with van der Waals surface area (Å²) in [5.41, 5.74) is 10.6. The number of aldehydes is 1. The molecular weight excluding hydrogens is 456 g/mol. The molecule has 3 atom stereocenters. The topological polar surface area (TPSA) is 137 Å². The number of hydrogen-bond donors (Lipinski definition) is 4. The minimum absolute atomic E-state index is 0.116. The van der Waals surface area contributed by atoms with Gasteiger partial charge in [0, 0.05) is 17.7 Å². The number of nitrogens with zero attached hydrogens (tertiary/aromatic N) is 2. The lowest BCUT2D eigenvalue weighted by Gasteiger charge is -2.28. The third kappa shape index (κ3) is 7.08. The number of fused-ring (bicyclic) bond motifs is 1. The van der Waals surface area contributed by atoms with Gasteiger partial charge in [-0.3, -0.25) is 14.8 Å². The molecule has 0 saturated heterocycles. The molecule has 192 valence electrons. The fourth-order valence-electron chi connectivity index (χ4n) is 4.47. The van der Waals surface area contributed by atoms with Crippen molar-refractivity contribution >= 4 is 29.3 Å². The predicted molar refractivity (Wildman–Crippen MR) is 143 cm³/mol. The maximum atomic E-state index is 13.1. The SMILES string of the molecule is CC/C=C(\C)C1=NC2C=CC(C(=O)NC(CC=O)c3ccccc3N)=CC2N=C1CCCCC(O)O. The van der Waals surface area contributed by atoms with Crippen LogP contribution in [0.25, 0.3) is 0 Å². The van der Waals surface area contributed by atoms with E-state index in [1.807, 2.05) is 31.2 Å². The maximum Gasteiger partial charge on any atom is 0.251 e. The Morgan fingerprint density at radius 2 is 1.97 bits per heavy atom. The monoisotopic (exact) mass is 492 g/mol. The number of nitrogens with two attached hydrogens (primary N) is 1. The van der Waals surface area contributed by atoms with E-state index in [0.717, 1.165) is 36.1 Å². The number of carbonyl (C=O) groups excluding carboxylic acids is 2.